The fourth-order valence-electron chi connectivity index (χ4n) is 4.18. The van der Waals surface area contributed by atoms with Gasteiger partial charge >= 0.3 is 0 Å². The van der Waals surface area contributed by atoms with Gasteiger partial charge in [-0.25, -0.2) is 0 Å². The van der Waals surface area contributed by atoms with Crippen LogP contribution in [0.15, 0.2) is 18.2 Å². The Morgan fingerprint density at radius 2 is 2.00 bits per heavy atom. The molecule has 0 amide bonds. The highest BCUT2D eigenvalue weighted by Gasteiger charge is 2.36. The molecule has 0 bridgehead atoms. The Hall–Kier alpha value is -1.02. The smallest absolute Gasteiger partial charge is 0.122 e. The van der Waals surface area contributed by atoms with E-state index >= 15 is 0 Å². The molecule has 1 unspecified atom stereocenters. The van der Waals surface area contributed by atoms with Crippen molar-refractivity contribution in [3.05, 3.63) is 29.3 Å². The lowest BCUT2D eigenvalue weighted by atomic mass is 9.68. The summed E-state index contributed by atoms with van der Waals surface area (Å²) in [6.07, 6.45) is 9.18. The van der Waals surface area contributed by atoms with Gasteiger partial charge in [-0.3, -0.25) is 0 Å². The lowest BCUT2D eigenvalue weighted by molar-refractivity contribution is 0.146. The molecule has 2 nitrogen and oxygen atoms in total. The van der Waals surface area contributed by atoms with E-state index in [1.54, 1.807) is 0 Å². The molecule has 2 aliphatic rings. The molecule has 0 radical (unpaired) electrons. The van der Waals surface area contributed by atoms with E-state index in [1.807, 2.05) is 0 Å². The van der Waals surface area contributed by atoms with Gasteiger partial charge in [0.2, 0.25) is 0 Å². The standard InChI is InChI=1S/C19H29NO/c1-3-20-18(19(2)11-5-4-6-12-19)16-9-10-17-15(14-16)8-7-13-21-17/h9-10,14,18,20H,3-8,11-13H2,1-2H3. The van der Waals surface area contributed by atoms with Crippen molar-refractivity contribution in [3.63, 3.8) is 0 Å². The summed E-state index contributed by atoms with van der Waals surface area (Å²) in [6, 6.07) is 7.37. The van der Waals surface area contributed by atoms with Crippen LogP contribution in [0.1, 0.15) is 69.5 Å². The van der Waals surface area contributed by atoms with Crippen molar-refractivity contribution < 1.29 is 4.74 Å². The SMILES string of the molecule is CCNC(c1ccc2c(c1)CCCO2)C1(C)CCCCC1. The Labute approximate surface area is 129 Å². The van der Waals surface area contributed by atoms with Crippen molar-refractivity contribution in [2.45, 2.75) is 64.8 Å². The van der Waals surface area contributed by atoms with Crippen LogP contribution >= 0.6 is 0 Å². The minimum absolute atomic E-state index is 0.401. The predicted octanol–water partition coefficient (Wildman–Crippen LogP) is 4.63. The van der Waals surface area contributed by atoms with Crippen molar-refractivity contribution in [1.29, 1.82) is 0 Å². The summed E-state index contributed by atoms with van der Waals surface area (Å²) in [5.74, 6) is 1.11. The number of aryl methyl sites for hydroxylation is 1. The highest BCUT2D eigenvalue weighted by atomic mass is 16.5. The number of nitrogens with one attached hydrogen (secondary N) is 1. The van der Waals surface area contributed by atoms with E-state index in [4.69, 9.17) is 4.74 Å². The predicted molar refractivity (Wildman–Crippen MR) is 87.9 cm³/mol. The molecule has 1 heterocycles. The third-order valence-corrected chi connectivity index (χ3v) is 5.37. The van der Waals surface area contributed by atoms with E-state index in [9.17, 15) is 0 Å². The second-order valence-electron chi connectivity index (χ2n) is 7.02. The van der Waals surface area contributed by atoms with Gasteiger partial charge in [-0.2, -0.15) is 0 Å². The first-order valence-corrected chi connectivity index (χ1v) is 8.72. The minimum Gasteiger partial charge on any atom is -0.493 e. The zero-order valence-electron chi connectivity index (χ0n) is 13.6. The summed E-state index contributed by atoms with van der Waals surface area (Å²) in [5, 5.41) is 3.78. The number of ether oxygens (including phenoxy) is 1. The average molecular weight is 287 g/mol. The molecule has 0 spiro atoms. The maximum atomic E-state index is 5.77. The fraction of sp³-hybridized carbons (Fsp3) is 0.684. The summed E-state index contributed by atoms with van der Waals surface area (Å²) in [4.78, 5) is 0. The topological polar surface area (TPSA) is 21.3 Å². The number of fused-ring (bicyclic) bond motifs is 1. The van der Waals surface area contributed by atoms with Gasteiger partial charge in [0.25, 0.3) is 0 Å². The molecule has 0 aromatic heterocycles. The van der Waals surface area contributed by atoms with Crippen molar-refractivity contribution in [1.82, 2.24) is 5.32 Å². The van der Waals surface area contributed by atoms with E-state index in [1.165, 1.54) is 49.7 Å². The number of hydrogen-bond donors (Lipinski definition) is 1. The Kier molecular flexibility index (Phi) is 4.54. The maximum Gasteiger partial charge on any atom is 0.122 e. The maximum absolute atomic E-state index is 5.77. The van der Waals surface area contributed by atoms with Gasteiger partial charge in [0.05, 0.1) is 6.61 Å². The normalized spacial score (nSPS) is 22.2. The minimum atomic E-state index is 0.401. The van der Waals surface area contributed by atoms with Crippen LogP contribution in [0.5, 0.6) is 5.75 Å². The van der Waals surface area contributed by atoms with Crippen molar-refractivity contribution in [2.75, 3.05) is 13.2 Å². The van der Waals surface area contributed by atoms with Crippen LogP contribution in [0, 0.1) is 5.41 Å². The Morgan fingerprint density at radius 3 is 2.76 bits per heavy atom. The molecule has 1 aliphatic heterocycles. The largest absolute Gasteiger partial charge is 0.493 e. The molecule has 0 saturated heterocycles. The highest BCUT2D eigenvalue weighted by Crippen LogP contribution is 2.46. The number of hydrogen-bond acceptors (Lipinski definition) is 2. The van der Waals surface area contributed by atoms with Gasteiger partial charge in [-0.15, -0.1) is 0 Å². The second-order valence-corrected chi connectivity index (χ2v) is 7.02. The van der Waals surface area contributed by atoms with E-state index in [0.717, 1.165) is 25.3 Å². The molecule has 1 fully saturated rings. The first-order chi connectivity index (χ1) is 10.2. The van der Waals surface area contributed by atoms with Crippen LogP contribution in [0.4, 0.5) is 0 Å². The third-order valence-electron chi connectivity index (χ3n) is 5.37. The second kappa shape index (κ2) is 6.39. The lowest BCUT2D eigenvalue weighted by Crippen LogP contribution is -2.37. The molecule has 1 aliphatic carbocycles. The van der Waals surface area contributed by atoms with Crippen LogP contribution < -0.4 is 10.1 Å². The van der Waals surface area contributed by atoms with E-state index in [0.29, 0.717) is 11.5 Å². The highest BCUT2D eigenvalue weighted by molar-refractivity contribution is 5.40. The zero-order chi connectivity index (χ0) is 14.7. The summed E-state index contributed by atoms with van der Waals surface area (Å²) >= 11 is 0. The summed E-state index contributed by atoms with van der Waals surface area (Å²) in [5.41, 5.74) is 3.27. The van der Waals surface area contributed by atoms with E-state index < -0.39 is 0 Å². The molecule has 21 heavy (non-hydrogen) atoms. The third kappa shape index (κ3) is 3.11. The molecule has 2 heteroatoms. The lowest BCUT2D eigenvalue weighted by Gasteiger charge is -2.42. The van der Waals surface area contributed by atoms with Gasteiger partial charge in [0.15, 0.2) is 0 Å². The quantitative estimate of drug-likeness (QED) is 0.871. The summed E-state index contributed by atoms with van der Waals surface area (Å²) in [6.45, 7) is 6.62. The molecular formula is C19H29NO. The van der Waals surface area contributed by atoms with Crippen LogP contribution in [-0.4, -0.2) is 13.2 Å². The Balaban J connectivity index is 1.89. The first kappa shape index (κ1) is 14.9. The first-order valence-electron chi connectivity index (χ1n) is 8.72. The monoisotopic (exact) mass is 287 g/mol. The number of benzene rings is 1. The average Bonchev–Trinajstić information content (AvgIpc) is 2.53. The van der Waals surface area contributed by atoms with E-state index in [2.05, 4.69) is 37.4 Å². The van der Waals surface area contributed by atoms with Gasteiger partial charge < -0.3 is 10.1 Å². The van der Waals surface area contributed by atoms with Crippen LogP contribution in [-0.2, 0) is 6.42 Å². The van der Waals surface area contributed by atoms with Gasteiger partial charge in [-0.1, -0.05) is 45.2 Å². The van der Waals surface area contributed by atoms with Crippen LogP contribution in [0.25, 0.3) is 0 Å². The fourth-order valence-corrected chi connectivity index (χ4v) is 4.18. The van der Waals surface area contributed by atoms with Crippen molar-refractivity contribution >= 4 is 0 Å². The van der Waals surface area contributed by atoms with Crippen molar-refractivity contribution in [3.8, 4) is 5.75 Å². The summed E-state index contributed by atoms with van der Waals surface area (Å²) < 4.78 is 5.77. The molecule has 116 valence electrons. The molecule has 1 N–H and O–H groups in total. The Bertz CT molecular complexity index is 476. The Morgan fingerprint density at radius 1 is 1.19 bits per heavy atom. The van der Waals surface area contributed by atoms with Gasteiger partial charge in [0, 0.05) is 6.04 Å². The molecule has 1 atom stereocenters. The van der Waals surface area contributed by atoms with Crippen LogP contribution in [0.3, 0.4) is 0 Å². The zero-order valence-corrected chi connectivity index (χ0v) is 13.6. The molecule has 3 rings (SSSR count). The summed E-state index contributed by atoms with van der Waals surface area (Å²) in [7, 11) is 0. The van der Waals surface area contributed by atoms with E-state index in [-0.39, 0.29) is 0 Å². The van der Waals surface area contributed by atoms with Crippen LogP contribution in [0.2, 0.25) is 0 Å². The molecule has 1 aromatic rings. The molecule has 1 saturated carbocycles. The van der Waals surface area contributed by atoms with Gasteiger partial charge in [0.1, 0.15) is 5.75 Å². The van der Waals surface area contributed by atoms with Crippen molar-refractivity contribution in [2.24, 2.45) is 5.41 Å². The number of rotatable bonds is 4. The van der Waals surface area contributed by atoms with Gasteiger partial charge in [-0.05, 0) is 54.8 Å². The molecule has 1 aromatic carbocycles. The molecular weight excluding hydrogens is 258 g/mol.